The fourth-order valence-corrected chi connectivity index (χ4v) is 2.05. The zero-order valence-corrected chi connectivity index (χ0v) is 10.4. The van der Waals surface area contributed by atoms with Crippen molar-refractivity contribution in [2.75, 3.05) is 5.88 Å². The zero-order chi connectivity index (χ0) is 11.0. The maximum absolute atomic E-state index is 13.3. The van der Waals surface area contributed by atoms with Crippen molar-refractivity contribution < 1.29 is 4.39 Å². The van der Waals surface area contributed by atoms with Crippen molar-refractivity contribution in [1.29, 1.82) is 0 Å². The molecule has 0 aliphatic rings. The molecular formula is C10H9BrClFN2. The molecule has 0 N–H and O–H groups in total. The summed E-state index contributed by atoms with van der Waals surface area (Å²) in [5.74, 6) is 1.11. The molecule has 15 heavy (non-hydrogen) atoms. The van der Waals surface area contributed by atoms with Crippen LogP contribution in [0.2, 0.25) is 0 Å². The molecule has 0 fully saturated rings. The van der Waals surface area contributed by atoms with Gasteiger partial charge in [0.2, 0.25) is 0 Å². The molecule has 0 unspecified atom stereocenters. The van der Waals surface area contributed by atoms with Gasteiger partial charge in [-0.1, -0.05) is 0 Å². The van der Waals surface area contributed by atoms with Gasteiger partial charge < -0.3 is 4.57 Å². The number of nitrogens with zero attached hydrogens (tertiary/aromatic N) is 2. The molecule has 0 spiro atoms. The number of benzene rings is 1. The van der Waals surface area contributed by atoms with Gasteiger partial charge in [-0.15, -0.1) is 11.6 Å². The first-order valence-corrected chi connectivity index (χ1v) is 5.82. The number of aromatic nitrogens is 2. The molecule has 5 heteroatoms. The first-order valence-electron chi connectivity index (χ1n) is 4.50. The lowest BCUT2D eigenvalue weighted by Gasteiger charge is -1.99. The fourth-order valence-electron chi connectivity index (χ4n) is 1.55. The van der Waals surface area contributed by atoms with E-state index in [9.17, 15) is 4.39 Å². The van der Waals surface area contributed by atoms with Gasteiger partial charge in [-0.25, -0.2) is 9.37 Å². The van der Waals surface area contributed by atoms with Crippen molar-refractivity contribution in [3.63, 3.8) is 0 Å². The molecule has 1 heterocycles. The minimum atomic E-state index is -0.275. The monoisotopic (exact) mass is 290 g/mol. The van der Waals surface area contributed by atoms with Crippen molar-refractivity contribution in [2.45, 2.75) is 6.42 Å². The summed E-state index contributed by atoms with van der Waals surface area (Å²) in [5, 5.41) is 0. The van der Waals surface area contributed by atoms with E-state index in [4.69, 9.17) is 11.6 Å². The first kappa shape index (κ1) is 10.9. The molecule has 2 rings (SSSR count). The summed E-state index contributed by atoms with van der Waals surface area (Å²) in [6, 6.07) is 3.16. The fraction of sp³-hybridized carbons (Fsp3) is 0.300. The largest absolute Gasteiger partial charge is 0.331 e. The Kier molecular flexibility index (Phi) is 2.98. The zero-order valence-electron chi connectivity index (χ0n) is 8.10. The van der Waals surface area contributed by atoms with Gasteiger partial charge in [0.1, 0.15) is 11.6 Å². The number of alkyl halides is 1. The van der Waals surface area contributed by atoms with E-state index in [-0.39, 0.29) is 5.82 Å². The molecule has 1 aromatic heterocycles. The molecule has 0 bridgehead atoms. The van der Waals surface area contributed by atoms with Gasteiger partial charge in [-0.05, 0) is 22.0 Å². The van der Waals surface area contributed by atoms with Crippen molar-refractivity contribution >= 4 is 38.6 Å². The van der Waals surface area contributed by atoms with Crippen molar-refractivity contribution in [3.8, 4) is 0 Å². The smallest absolute Gasteiger partial charge is 0.139 e. The summed E-state index contributed by atoms with van der Waals surface area (Å²) in [7, 11) is 1.87. The van der Waals surface area contributed by atoms with Crippen molar-refractivity contribution in [1.82, 2.24) is 9.55 Å². The van der Waals surface area contributed by atoms with Crippen LogP contribution < -0.4 is 0 Å². The van der Waals surface area contributed by atoms with Crippen LogP contribution in [0.15, 0.2) is 16.6 Å². The van der Waals surface area contributed by atoms with E-state index in [1.54, 1.807) is 6.07 Å². The molecule has 0 atom stereocenters. The van der Waals surface area contributed by atoms with Crippen LogP contribution >= 0.6 is 27.5 Å². The molecule has 0 saturated heterocycles. The Morgan fingerprint density at radius 1 is 1.53 bits per heavy atom. The Bertz CT molecular complexity index is 510. The third-order valence-electron chi connectivity index (χ3n) is 2.33. The lowest BCUT2D eigenvalue weighted by Crippen LogP contribution is -1.98. The quantitative estimate of drug-likeness (QED) is 0.777. The van der Waals surface area contributed by atoms with E-state index in [1.165, 1.54) is 6.07 Å². The van der Waals surface area contributed by atoms with E-state index in [1.807, 2.05) is 11.6 Å². The summed E-state index contributed by atoms with van der Waals surface area (Å²) < 4.78 is 15.6. The maximum atomic E-state index is 13.3. The number of rotatable bonds is 2. The molecule has 2 nitrogen and oxygen atoms in total. The van der Waals surface area contributed by atoms with Gasteiger partial charge in [0.15, 0.2) is 0 Å². The van der Waals surface area contributed by atoms with Gasteiger partial charge in [-0.3, -0.25) is 0 Å². The summed E-state index contributed by atoms with van der Waals surface area (Å²) in [6.07, 6.45) is 0.686. The van der Waals surface area contributed by atoms with Gasteiger partial charge in [-0.2, -0.15) is 0 Å². The number of fused-ring (bicyclic) bond motifs is 1. The van der Waals surface area contributed by atoms with Crippen molar-refractivity contribution in [2.24, 2.45) is 7.05 Å². The molecule has 80 valence electrons. The van der Waals surface area contributed by atoms with Crippen molar-refractivity contribution in [3.05, 3.63) is 28.2 Å². The number of halogens is 3. The first-order chi connectivity index (χ1) is 7.13. The normalized spacial score (nSPS) is 11.2. The molecule has 0 amide bonds. The number of hydrogen-bond acceptors (Lipinski definition) is 1. The van der Waals surface area contributed by atoms with Crippen LogP contribution in [0.1, 0.15) is 5.82 Å². The highest BCUT2D eigenvalue weighted by Gasteiger charge is 2.10. The van der Waals surface area contributed by atoms with E-state index in [0.29, 0.717) is 16.8 Å². The van der Waals surface area contributed by atoms with Gasteiger partial charge in [0, 0.05) is 25.4 Å². The van der Waals surface area contributed by atoms with E-state index >= 15 is 0 Å². The lowest BCUT2D eigenvalue weighted by atomic mass is 10.3. The highest BCUT2D eigenvalue weighted by Crippen LogP contribution is 2.23. The van der Waals surface area contributed by atoms with Crippen LogP contribution in [0.3, 0.4) is 0 Å². The van der Waals surface area contributed by atoms with Crippen LogP contribution in [-0.2, 0) is 13.5 Å². The molecule has 0 aliphatic carbocycles. The summed E-state index contributed by atoms with van der Waals surface area (Å²) in [6.45, 7) is 0. The van der Waals surface area contributed by atoms with E-state index in [0.717, 1.165) is 16.9 Å². The SMILES string of the molecule is Cn1c(CCCl)nc2cc(Br)c(F)cc21. The topological polar surface area (TPSA) is 17.8 Å². The van der Waals surface area contributed by atoms with Gasteiger partial charge >= 0.3 is 0 Å². The van der Waals surface area contributed by atoms with Crippen LogP contribution in [0.25, 0.3) is 11.0 Å². The highest BCUT2D eigenvalue weighted by atomic mass is 79.9. The summed E-state index contributed by atoms with van der Waals surface area (Å²) in [5.41, 5.74) is 1.57. The number of imidazole rings is 1. The number of aryl methyl sites for hydroxylation is 2. The van der Waals surface area contributed by atoms with Gasteiger partial charge in [0.25, 0.3) is 0 Å². The molecular weight excluding hydrogens is 282 g/mol. The van der Waals surface area contributed by atoms with Crippen LogP contribution in [0, 0.1) is 5.82 Å². The second-order valence-electron chi connectivity index (χ2n) is 3.28. The van der Waals surface area contributed by atoms with E-state index < -0.39 is 0 Å². The Hall–Kier alpha value is -0.610. The third-order valence-corrected chi connectivity index (χ3v) is 3.13. The summed E-state index contributed by atoms with van der Waals surface area (Å²) >= 11 is 8.80. The van der Waals surface area contributed by atoms with Crippen LogP contribution in [0.5, 0.6) is 0 Å². The van der Waals surface area contributed by atoms with Crippen LogP contribution in [-0.4, -0.2) is 15.4 Å². The third kappa shape index (κ3) is 1.88. The molecule has 1 aromatic carbocycles. The lowest BCUT2D eigenvalue weighted by molar-refractivity contribution is 0.622. The summed E-state index contributed by atoms with van der Waals surface area (Å²) in [4.78, 5) is 4.39. The van der Waals surface area contributed by atoms with Crippen LogP contribution in [0.4, 0.5) is 4.39 Å². The number of hydrogen-bond donors (Lipinski definition) is 0. The highest BCUT2D eigenvalue weighted by molar-refractivity contribution is 9.10. The van der Waals surface area contributed by atoms with Gasteiger partial charge in [0.05, 0.1) is 15.5 Å². The Morgan fingerprint density at radius 3 is 2.93 bits per heavy atom. The Labute approximate surface area is 100 Å². The standard InChI is InChI=1S/C10H9BrClFN2/c1-15-9-5-7(13)6(11)4-8(9)14-10(15)2-3-12/h4-5H,2-3H2,1H3. The second-order valence-corrected chi connectivity index (χ2v) is 4.51. The molecule has 0 saturated carbocycles. The molecule has 2 aromatic rings. The predicted molar refractivity (Wildman–Crippen MR) is 62.8 cm³/mol. The minimum Gasteiger partial charge on any atom is -0.331 e. The second kappa shape index (κ2) is 4.10. The molecule has 0 aliphatic heterocycles. The maximum Gasteiger partial charge on any atom is 0.139 e. The average molecular weight is 292 g/mol. The Morgan fingerprint density at radius 2 is 2.27 bits per heavy atom. The Balaban J connectivity index is 2.66. The molecule has 0 radical (unpaired) electrons. The average Bonchev–Trinajstić information content (AvgIpc) is 2.47. The van der Waals surface area contributed by atoms with E-state index in [2.05, 4.69) is 20.9 Å². The minimum absolute atomic E-state index is 0.275. The predicted octanol–water partition coefficient (Wildman–Crippen LogP) is 3.26.